The second-order valence-corrected chi connectivity index (χ2v) is 6.10. The smallest absolute Gasteiger partial charge is 0.337 e. The Bertz CT molecular complexity index is 801. The van der Waals surface area contributed by atoms with Crippen LogP contribution >= 0.6 is 0 Å². The van der Waals surface area contributed by atoms with Gasteiger partial charge in [-0.15, -0.1) is 0 Å². The van der Waals surface area contributed by atoms with Gasteiger partial charge in [-0.25, -0.2) is 9.78 Å². The van der Waals surface area contributed by atoms with Gasteiger partial charge in [0, 0.05) is 12.6 Å². The van der Waals surface area contributed by atoms with E-state index in [-0.39, 0.29) is 17.5 Å². The fourth-order valence-electron chi connectivity index (χ4n) is 3.24. The number of aromatic nitrogens is 1. The Kier molecular flexibility index (Phi) is 4.34. The molecule has 2 aromatic rings. The first-order chi connectivity index (χ1) is 11.5. The summed E-state index contributed by atoms with van der Waals surface area (Å²) in [7, 11) is 0. The van der Waals surface area contributed by atoms with E-state index in [0.717, 1.165) is 18.4 Å². The number of hydrogen-bond acceptors (Lipinski definition) is 3. The molecule has 124 valence electrons. The van der Waals surface area contributed by atoms with E-state index >= 15 is 0 Å². The van der Waals surface area contributed by atoms with E-state index in [4.69, 9.17) is 5.11 Å². The number of benzene rings is 1. The van der Waals surface area contributed by atoms with Crippen LogP contribution in [0.2, 0.25) is 0 Å². The summed E-state index contributed by atoms with van der Waals surface area (Å²) in [4.78, 5) is 30.1. The highest BCUT2D eigenvalue weighted by atomic mass is 16.4. The van der Waals surface area contributed by atoms with Crippen LogP contribution in [0.25, 0.3) is 0 Å². The third-order valence-electron chi connectivity index (χ3n) is 4.62. The summed E-state index contributed by atoms with van der Waals surface area (Å²) in [5.74, 6) is -1.17. The van der Waals surface area contributed by atoms with E-state index < -0.39 is 5.97 Å². The molecule has 0 spiro atoms. The number of carbonyl (C=O) groups excluding carboxylic acids is 1. The summed E-state index contributed by atoms with van der Waals surface area (Å²) in [5, 5.41) is 9.10. The van der Waals surface area contributed by atoms with Gasteiger partial charge in [-0.1, -0.05) is 31.2 Å². The fraction of sp³-hybridized carbons (Fsp3) is 0.316. The number of carboxylic acids is 1. The number of hydrogen-bond donors (Lipinski definition) is 1. The van der Waals surface area contributed by atoms with Crippen molar-refractivity contribution in [2.45, 2.75) is 39.3 Å². The third kappa shape index (κ3) is 2.89. The Morgan fingerprint density at radius 3 is 2.54 bits per heavy atom. The van der Waals surface area contributed by atoms with E-state index in [1.807, 2.05) is 23.1 Å². The summed E-state index contributed by atoms with van der Waals surface area (Å²) in [6.07, 6.45) is 1.71. The average Bonchev–Trinajstić information content (AvgIpc) is 2.59. The van der Waals surface area contributed by atoms with Gasteiger partial charge >= 0.3 is 5.97 Å². The van der Waals surface area contributed by atoms with Crippen molar-refractivity contribution in [3.63, 3.8) is 0 Å². The molecular formula is C19H20N2O3. The lowest BCUT2D eigenvalue weighted by atomic mass is 9.92. The van der Waals surface area contributed by atoms with Crippen LogP contribution in [0.15, 0.2) is 36.4 Å². The minimum Gasteiger partial charge on any atom is -0.478 e. The Morgan fingerprint density at radius 2 is 1.92 bits per heavy atom. The normalized spacial score (nSPS) is 16.6. The first kappa shape index (κ1) is 16.2. The van der Waals surface area contributed by atoms with Crippen molar-refractivity contribution in [2.75, 3.05) is 0 Å². The molecule has 0 radical (unpaired) electrons. The molecule has 0 saturated heterocycles. The molecule has 1 aliphatic rings. The predicted octanol–water partition coefficient (Wildman–Crippen LogP) is 3.07. The third-order valence-corrected chi connectivity index (χ3v) is 4.62. The SMILES string of the molecule is CCC1Cc2ccccc2CN1C(=O)c1ccc(C(=O)O)c(C)n1. The maximum absolute atomic E-state index is 12.9. The molecule has 5 heteroatoms. The van der Waals surface area contributed by atoms with Crippen LogP contribution in [-0.2, 0) is 13.0 Å². The molecule has 1 atom stereocenters. The Balaban J connectivity index is 1.91. The van der Waals surface area contributed by atoms with E-state index in [9.17, 15) is 9.59 Å². The molecule has 1 aliphatic heterocycles. The summed E-state index contributed by atoms with van der Waals surface area (Å²) in [5.41, 5.74) is 3.24. The van der Waals surface area contributed by atoms with Crippen molar-refractivity contribution in [3.05, 3.63) is 64.5 Å². The van der Waals surface area contributed by atoms with Crippen molar-refractivity contribution in [1.29, 1.82) is 0 Å². The topological polar surface area (TPSA) is 70.5 Å². The Hall–Kier alpha value is -2.69. The molecule has 1 unspecified atom stereocenters. The van der Waals surface area contributed by atoms with Crippen LogP contribution in [0.4, 0.5) is 0 Å². The standard InChI is InChI=1S/C19H20N2O3/c1-3-15-10-13-6-4-5-7-14(13)11-21(15)18(22)17-9-8-16(19(23)24)12(2)20-17/h4-9,15H,3,10-11H2,1-2H3,(H,23,24). The summed E-state index contributed by atoms with van der Waals surface area (Å²) >= 11 is 0. The molecule has 5 nitrogen and oxygen atoms in total. The van der Waals surface area contributed by atoms with Gasteiger partial charge in [-0.05, 0) is 43.0 Å². The number of carbonyl (C=O) groups is 2. The zero-order valence-corrected chi connectivity index (χ0v) is 13.8. The molecule has 3 rings (SSSR count). The highest BCUT2D eigenvalue weighted by Crippen LogP contribution is 2.26. The Morgan fingerprint density at radius 1 is 1.21 bits per heavy atom. The number of amides is 1. The van der Waals surface area contributed by atoms with Crippen LogP contribution < -0.4 is 0 Å². The van der Waals surface area contributed by atoms with Gasteiger partial charge in [0.2, 0.25) is 0 Å². The van der Waals surface area contributed by atoms with Crippen LogP contribution in [0, 0.1) is 6.92 Å². The van der Waals surface area contributed by atoms with Gasteiger partial charge in [0.05, 0.1) is 11.3 Å². The van der Waals surface area contributed by atoms with Gasteiger partial charge in [0.15, 0.2) is 0 Å². The average molecular weight is 324 g/mol. The monoisotopic (exact) mass is 324 g/mol. The van der Waals surface area contributed by atoms with Crippen molar-refractivity contribution in [3.8, 4) is 0 Å². The van der Waals surface area contributed by atoms with Crippen molar-refractivity contribution in [2.24, 2.45) is 0 Å². The molecule has 24 heavy (non-hydrogen) atoms. The van der Waals surface area contributed by atoms with E-state index in [2.05, 4.69) is 18.0 Å². The molecule has 1 amide bonds. The lowest BCUT2D eigenvalue weighted by Crippen LogP contribution is -2.44. The lowest BCUT2D eigenvalue weighted by Gasteiger charge is -2.36. The van der Waals surface area contributed by atoms with Gasteiger partial charge < -0.3 is 10.0 Å². The van der Waals surface area contributed by atoms with Crippen molar-refractivity contribution >= 4 is 11.9 Å². The maximum atomic E-state index is 12.9. The quantitative estimate of drug-likeness (QED) is 0.942. The second-order valence-electron chi connectivity index (χ2n) is 6.10. The first-order valence-electron chi connectivity index (χ1n) is 8.10. The minimum absolute atomic E-state index is 0.127. The molecule has 1 aromatic heterocycles. The molecule has 0 saturated carbocycles. The molecule has 0 fully saturated rings. The minimum atomic E-state index is -1.03. The van der Waals surface area contributed by atoms with Gasteiger partial charge in [0.1, 0.15) is 5.69 Å². The number of aromatic carboxylic acids is 1. The molecule has 1 aromatic carbocycles. The summed E-state index contributed by atoms with van der Waals surface area (Å²) < 4.78 is 0. The van der Waals surface area contributed by atoms with Crippen LogP contribution in [-0.4, -0.2) is 32.9 Å². The molecular weight excluding hydrogens is 304 g/mol. The molecule has 0 bridgehead atoms. The second kappa shape index (κ2) is 6.43. The molecule has 2 heterocycles. The summed E-state index contributed by atoms with van der Waals surface area (Å²) in [6.45, 7) is 4.25. The largest absolute Gasteiger partial charge is 0.478 e. The van der Waals surface area contributed by atoms with Crippen molar-refractivity contribution in [1.82, 2.24) is 9.88 Å². The fourth-order valence-corrected chi connectivity index (χ4v) is 3.24. The van der Waals surface area contributed by atoms with Crippen LogP contribution in [0.1, 0.15) is 51.0 Å². The number of pyridine rings is 1. The maximum Gasteiger partial charge on any atom is 0.337 e. The lowest BCUT2D eigenvalue weighted by molar-refractivity contribution is 0.0625. The molecule has 0 aliphatic carbocycles. The summed E-state index contributed by atoms with van der Waals surface area (Å²) in [6, 6.07) is 11.3. The number of carboxylic acid groups (broad SMARTS) is 1. The number of aryl methyl sites for hydroxylation is 1. The first-order valence-corrected chi connectivity index (χ1v) is 8.10. The Labute approximate surface area is 140 Å². The number of fused-ring (bicyclic) bond motifs is 1. The van der Waals surface area contributed by atoms with Crippen LogP contribution in [0.5, 0.6) is 0 Å². The van der Waals surface area contributed by atoms with E-state index in [1.54, 1.807) is 6.92 Å². The highest BCUT2D eigenvalue weighted by Gasteiger charge is 2.30. The van der Waals surface area contributed by atoms with Gasteiger partial charge in [0.25, 0.3) is 5.91 Å². The number of nitrogens with zero attached hydrogens (tertiary/aromatic N) is 2. The van der Waals surface area contributed by atoms with E-state index in [1.165, 1.54) is 17.7 Å². The zero-order valence-electron chi connectivity index (χ0n) is 13.8. The predicted molar refractivity (Wildman–Crippen MR) is 90.0 cm³/mol. The van der Waals surface area contributed by atoms with Crippen molar-refractivity contribution < 1.29 is 14.7 Å². The van der Waals surface area contributed by atoms with Gasteiger partial charge in [-0.2, -0.15) is 0 Å². The van der Waals surface area contributed by atoms with E-state index in [0.29, 0.717) is 17.9 Å². The molecule has 1 N–H and O–H groups in total. The number of rotatable bonds is 3. The zero-order chi connectivity index (χ0) is 17.3. The van der Waals surface area contributed by atoms with Crippen LogP contribution in [0.3, 0.4) is 0 Å². The van der Waals surface area contributed by atoms with Gasteiger partial charge in [-0.3, -0.25) is 4.79 Å². The highest BCUT2D eigenvalue weighted by molar-refractivity contribution is 5.94.